The summed E-state index contributed by atoms with van der Waals surface area (Å²) in [7, 11) is 0. The van der Waals surface area contributed by atoms with Crippen LogP contribution in [0.25, 0.3) is 0 Å². The number of carbonyl (C=O) groups is 4. The Labute approximate surface area is 162 Å². The number of rotatable bonds is 2. The molecule has 28 heavy (non-hydrogen) atoms. The van der Waals surface area contributed by atoms with Crippen molar-refractivity contribution in [3.63, 3.8) is 0 Å². The highest BCUT2D eigenvalue weighted by Gasteiger charge is 2.51. The molecular weight excluding hydrogens is 368 g/mol. The van der Waals surface area contributed by atoms with Gasteiger partial charge in [-0.05, 0) is 46.8 Å². The van der Waals surface area contributed by atoms with Gasteiger partial charge in [-0.15, -0.1) is 0 Å². The van der Waals surface area contributed by atoms with E-state index >= 15 is 0 Å². The molecule has 1 aromatic rings. The Hall–Kier alpha value is -2.94. The highest BCUT2D eigenvalue weighted by Crippen LogP contribution is 2.31. The Balaban J connectivity index is 1.79. The second-order valence-corrected chi connectivity index (χ2v) is 7.98. The Bertz CT molecular complexity index is 821. The van der Waals surface area contributed by atoms with E-state index in [-0.39, 0.29) is 17.7 Å². The van der Waals surface area contributed by atoms with Gasteiger partial charge in [-0.25, -0.2) is 9.59 Å². The minimum absolute atomic E-state index is 0.146. The molecule has 0 saturated carbocycles. The van der Waals surface area contributed by atoms with E-state index < -0.39 is 41.2 Å². The Morgan fingerprint density at radius 2 is 1.64 bits per heavy atom. The van der Waals surface area contributed by atoms with E-state index in [1.807, 2.05) is 0 Å². The van der Waals surface area contributed by atoms with Crippen LogP contribution in [0.15, 0.2) is 24.3 Å². The number of hydrogen-bond donors (Lipinski definition) is 0. The molecule has 0 spiro atoms. The van der Waals surface area contributed by atoms with Gasteiger partial charge in [0.05, 0.1) is 17.7 Å². The number of ether oxygens (including phenoxy) is 2. The lowest BCUT2D eigenvalue weighted by atomic mass is 10.1. The van der Waals surface area contributed by atoms with Gasteiger partial charge in [0.15, 0.2) is 6.04 Å². The molecule has 0 aromatic heterocycles. The minimum Gasteiger partial charge on any atom is -0.444 e. The van der Waals surface area contributed by atoms with Gasteiger partial charge in [-0.3, -0.25) is 14.5 Å². The lowest BCUT2D eigenvalue weighted by Crippen LogP contribution is -2.53. The molecule has 2 heterocycles. The molecule has 1 unspecified atom stereocenters. The van der Waals surface area contributed by atoms with Crippen LogP contribution in [0.4, 0.5) is 4.79 Å². The first-order chi connectivity index (χ1) is 12.9. The van der Waals surface area contributed by atoms with Crippen molar-refractivity contribution in [2.75, 3.05) is 6.61 Å². The largest absolute Gasteiger partial charge is 0.444 e. The summed E-state index contributed by atoms with van der Waals surface area (Å²) in [5, 5.41) is 0.408. The van der Waals surface area contributed by atoms with Crippen LogP contribution in [-0.2, 0) is 19.1 Å². The average Bonchev–Trinajstić information content (AvgIpc) is 3.03. The number of hydroxylamine groups is 2. The van der Waals surface area contributed by atoms with Gasteiger partial charge in [0.2, 0.25) is 0 Å². The van der Waals surface area contributed by atoms with Gasteiger partial charge < -0.3 is 14.3 Å². The molecule has 9 heteroatoms. The van der Waals surface area contributed by atoms with Gasteiger partial charge in [0, 0.05) is 0 Å². The van der Waals surface area contributed by atoms with Crippen LogP contribution in [0.5, 0.6) is 0 Å². The van der Waals surface area contributed by atoms with Crippen LogP contribution < -0.4 is 0 Å². The van der Waals surface area contributed by atoms with Gasteiger partial charge in [-0.2, -0.15) is 0 Å². The number of nitrogens with zero attached hydrogens (tertiary/aromatic N) is 2. The maximum Gasteiger partial charge on any atom is 0.413 e. The molecule has 1 aromatic carbocycles. The van der Waals surface area contributed by atoms with Gasteiger partial charge in [0.25, 0.3) is 11.8 Å². The molecule has 0 aliphatic carbocycles. The van der Waals surface area contributed by atoms with Gasteiger partial charge in [0.1, 0.15) is 11.3 Å². The van der Waals surface area contributed by atoms with Crippen molar-refractivity contribution in [2.24, 2.45) is 0 Å². The Kier molecular flexibility index (Phi) is 4.66. The first-order valence-electron chi connectivity index (χ1n) is 8.78. The number of amides is 3. The van der Waals surface area contributed by atoms with E-state index in [2.05, 4.69) is 0 Å². The van der Waals surface area contributed by atoms with Crippen molar-refractivity contribution in [3.8, 4) is 0 Å². The van der Waals surface area contributed by atoms with E-state index in [9.17, 15) is 19.2 Å². The van der Waals surface area contributed by atoms with E-state index in [1.165, 1.54) is 12.1 Å². The summed E-state index contributed by atoms with van der Waals surface area (Å²) < 4.78 is 10.9. The summed E-state index contributed by atoms with van der Waals surface area (Å²) >= 11 is 0. The van der Waals surface area contributed by atoms with Crippen molar-refractivity contribution in [1.82, 2.24) is 9.96 Å². The molecule has 3 amide bonds. The monoisotopic (exact) mass is 390 g/mol. The Morgan fingerprint density at radius 3 is 2.14 bits per heavy atom. The predicted molar refractivity (Wildman–Crippen MR) is 94.9 cm³/mol. The van der Waals surface area contributed by atoms with Crippen molar-refractivity contribution in [2.45, 2.75) is 52.0 Å². The summed E-state index contributed by atoms with van der Waals surface area (Å²) in [4.78, 5) is 56.3. The maximum atomic E-state index is 12.7. The van der Waals surface area contributed by atoms with Crippen LogP contribution in [0.2, 0.25) is 0 Å². The quantitative estimate of drug-likeness (QED) is 0.713. The fraction of sp³-hybridized carbons (Fsp3) is 0.474. The molecule has 150 valence electrons. The van der Waals surface area contributed by atoms with E-state index in [0.717, 1.165) is 4.90 Å². The van der Waals surface area contributed by atoms with Gasteiger partial charge >= 0.3 is 12.1 Å². The lowest BCUT2D eigenvalue weighted by molar-refractivity contribution is -0.174. The van der Waals surface area contributed by atoms with Crippen LogP contribution in [0, 0.1) is 0 Å². The number of fused-ring (bicyclic) bond motifs is 1. The molecule has 1 fully saturated rings. The third-order valence-corrected chi connectivity index (χ3v) is 4.29. The van der Waals surface area contributed by atoms with Crippen molar-refractivity contribution >= 4 is 23.9 Å². The molecule has 2 aliphatic heterocycles. The smallest absolute Gasteiger partial charge is 0.413 e. The first-order valence-corrected chi connectivity index (χ1v) is 8.78. The predicted octanol–water partition coefficient (Wildman–Crippen LogP) is 2.11. The molecule has 1 saturated heterocycles. The van der Waals surface area contributed by atoms with Crippen LogP contribution in [-0.4, -0.2) is 57.8 Å². The maximum absolute atomic E-state index is 12.7. The van der Waals surface area contributed by atoms with Crippen LogP contribution in [0.3, 0.4) is 0 Å². The topological polar surface area (TPSA) is 102 Å². The fourth-order valence-corrected chi connectivity index (χ4v) is 3.03. The molecule has 0 N–H and O–H groups in total. The molecule has 0 radical (unpaired) electrons. The number of carbonyl (C=O) groups excluding carboxylic acids is 4. The van der Waals surface area contributed by atoms with E-state index in [1.54, 1.807) is 46.8 Å². The minimum atomic E-state index is -1.17. The SMILES string of the molecule is CC(C)(C)OC(=O)N1C(C(=O)ON2C(=O)c3ccccc3C2=O)COC1(C)C. The molecule has 0 bridgehead atoms. The number of imide groups is 1. The Morgan fingerprint density at radius 1 is 1.11 bits per heavy atom. The number of benzene rings is 1. The second kappa shape index (κ2) is 6.59. The van der Waals surface area contributed by atoms with Crippen molar-refractivity contribution < 1.29 is 33.5 Å². The zero-order valence-electron chi connectivity index (χ0n) is 16.3. The van der Waals surface area contributed by atoms with Crippen molar-refractivity contribution in [1.29, 1.82) is 0 Å². The standard InChI is InChI=1S/C19H22N2O7/c1-18(2,3)27-17(25)20-13(10-26-19(20,4)5)16(24)28-21-14(22)11-8-6-7-9-12(11)15(21)23/h6-9,13H,10H2,1-5H3. The summed E-state index contributed by atoms with van der Waals surface area (Å²) in [6.07, 6.45) is -0.765. The summed E-state index contributed by atoms with van der Waals surface area (Å²) in [5.74, 6) is -2.45. The van der Waals surface area contributed by atoms with Gasteiger partial charge in [-0.1, -0.05) is 17.2 Å². The zero-order valence-corrected chi connectivity index (χ0v) is 16.3. The highest BCUT2D eigenvalue weighted by atomic mass is 16.7. The summed E-state index contributed by atoms with van der Waals surface area (Å²) in [5.41, 5.74) is -1.62. The second-order valence-electron chi connectivity index (χ2n) is 7.98. The third kappa shape index (κ3) is 3.45. The first kappa shape index (κ1) is 19.8. The third-order valence-electron chi connectivity index (χ3n) is 4.29. The summed E-state index contributed by atoms with van der Waals surface area (Å²) in [6, 6.07) is 4.98. The van der Waals surface area contributed by atoms with E-state index in [0.29, 0.717) is 5.06 Å². The normalized spacial score (nSPS) is 21.0. The van der Waals surface area contributed by atoms with E-state index in [4.69, 9.17) is 14.3 Å². The molecule has 1 atom stereocenters. The lowest BCUT2D eigenvalue weighted by Gasteiger charge is -2.34. The average molecular weight is 390 g/mol. The van der Waals surface area contributed by atoms with Crippen LogP contribution >= 0.6 is 0 Å². The van der Waals surface area contributed by atoms with Crippen molar-refractivity contribution in [3.05, 3.63) is 35.4 Å². The highest BCUT2D eigenvalue weighted by molar-refractivity contribution is 6.20. The molecule has 9 nitrogen and oxygen atoms in total. The molecular formula is C19H22N2O7. The molecule has 2 aliphatic rings. The number of hydrogen-bond acceptors (Lipinski definition) is 7. The zero-order chi connectivity index (χ0) is 20.9. The summed E-state index contributed by atoms with van der Waals surface area (Å²) in [6.45, 7) is 8.13. The molecule has 3 rings (SSSR count). The fourth-order valence-electron chi connectivity index (χ4n) is 3.03. The van der Waals surface area contributed by atoms with Crippen LogP contribution in [0.1, 0.15) is 55.3 Å².